The van der Waals surface area contributed by atoms with Gasteiger partial charge in [-0.15, -0.1) is 0 Å². The molecule has 0 heterocycles. The number of rotatable bonds is 6. The van der Waals surface area contributed by atoms with Crippen LogP contribution in [0.1, 0.15) is 5.56 Å². The molecule has 0 amide bonds. The summed E-state index contributed by atoms with van der Waals surface area (Å²) in [5.41, 5.74) is 3.10. The lowest BCUT2D eigenvalue weighted by Crippen LogP contribution is -2.13. The molecular weight excluding hydrogens is 348 g/mol. The lowest BCUT2D eigenvalue weighted by atomic mass is 10.2. The Hall–Kier alpha value is -2.99. The van der Waals surface area contributed by atoms with Crippen LogP contribution in [0.2, 0.25) is 0 Å². The standard InChI is InChI=1S/C20H20N2O3S/c1-15-14-19(12-13-20(15)25-2)26(23,24)22-18-10-8-17(9-11-18)21-16-6-4-3-5-7-16/h3-14,21-22H,1-2H3. The molecule has 0 aromatic heterocycles. The molecule has 0 saturated heterocycles. The van der Waals surface area contributed by atoms with Crippen molar-refractivity contribution in [2.24, 2.45) is 0 Å². The molecule has 134 valence electrons. The summed E-state index contributed by atoms with van der Waals surface area (Å²) in [6, 6.07) is 21.6. The van der Waals surface area contributed by atoms with E-state index in [1.54, 1.807) is 31.4 Å². The van der Waals surface area contributed by atoms with Crippen molar-refractivity contribution in [3.05, 3.63) is 78.4 Å². The minimum atomic E-state index is -3.66. The van der Waals surface area contributed by atoms with E-state index in [-0.39, 0.29) is 4.90 Å². The first-order valence-electron chi connectivity index (χ1n) is 8.07. The molecular formula is C20H20N2O3S. The van der Waals surface area contributed by atoms with Crippen molar-refractivity contribution in [1.29, 1.82) is 0 Å². The predicted octanol–water partition coefficient (Wildman–Crippen LogP) is 4.55. The van der Waals surface area contributed by atoms with Gasteiger partial charge in [0, 0.05) is 17.1 Å². The van der Waals surface area contributed by atoms with Crippen LogP contribution in [0.25, 0.3) is 0 Å². The summed E-state index contributed by atoms with van der Waals surface area (Å²) in [6.45, 7) is 1.81. The molecule has 0 bridgehead atoms. The van der Waals surface area contributed by atoms with Gasteiger partial charge in [-0.3, -0.25) is 4.72 Å². The Morgan fingerprint density at radius 3 is 2.04 bits per heavy atom. The quantitative estimate of drug-likeness (QED) is 0.670. The molecule has 0 radical (unpaired) electrons. The summed E-state index contributed by atoms with van der Waals surface area (Å²) >= 11 is 0. The molecule has 2 N–H and O–H groups in total. The van der Waals surface area contributed by atoms with Crippen LogP contribution < -0.4 is 14.8 Å². The lowest BCUT2D eigenvalue weighted by Gasteiger charge is -2.11. The Morgan fingerprint density at radius 2 is 1.42 bits per heavy atom. The number of sulfonamides is 1. The molecule has 6 heteroatoms. The number of benzene rings is 3. The summed E-state index contributed by atoms with van der Waals surface area (Å²) in [6.07, 6.45) is 0. The number of methoxy groups -OCH3 is 1. The van der Waals surface area contributed by atoms with Gasteiger partial charge >= 0.3 is 0 Å². The molecule has 0 unspecified atom stereocenters. The van der Waals surface area contributed by atoms with Crippen LogP contribution >= 0.6 is 0 Å². The maximum Gasteiger partial charge on any atom is 0.261 e. The zero-order chi connectivity index (χ0) is 18.6. The fraction of sp³-hybridized carbons (Fsp3) is 0.100. The molecule has 0 atom stereocenters. The van der Waals surface area contributed by atoms with Crippen LogP contribution in [-0.4, -0.2) is 15.5 Å². The first kappa shape index (κ1) is 17.8. The van der Waals surface area contributed by atoms with Gasteiger partial charge in [0.05, 0.1) is 12.0 Å². The number of hydrogen-bond donors (Lipinski definition) is 2. The second kappa shape index (κ2) is 7.49. The number of hydrogen-bond acceptors (Lipinski definition) is 4. The zero-order valence-electron chi connectivity index (χ0n) is 14.6. The van der Waals surface area contributed by atoms with Crippen molar-refractivity contribution >= 4 is 27.1 Å². The molecule has 0 spiro atoms. The molecule has 0 aliphatic carbocycles. The van der Waals surface area contributed by atoms with E-state index in [0.29, 0.717) is 11.4 Å². The molecule has 3 aromatic rings. The Labute approximate surface area is 153 Å². The number of anilines is 3. The second-order valence-corrected chi connectivity index (χ2v) is 7.49. The predicted molar refractivity (Wildman–Crippen MR) is 105 cm³/mol. The van der Waals surface area contributed by atoms with E-state index in [1.165, 1.54) is 6.07 Å². The number of ether oxygens (including phenoxy) is 1. The topological polar surface area (TPSA) is 67.4 Å². The van der Waals surface area contributed by atoms with E-state index in [1.807, 2.05) is 49.4 Å². The minimum absolute atomic E-state index is 0.197. The van der Waals surface area contributed by atoms with Gasteiger partial charge in [-0.05, 0) is 67.1 Å². The van der Waals surface area contributed by atoms with E-state index >= 15 is 0 Å². The van der Waals surface area contributed by atoms with Crippen molar-refractivity contribution in [3.63, 3.8) is 0 Å². The van der Waals surface area contributed by atoms with E-state index in [0.717, 1.165) is 16.9 Å². The molecule has 5 nitrogen and oxygen atoms in total. The highest BCUT2D eigenvalue weighted by atomic mass is 32.2. The SMILES string of the molecule is COc1ccc(S(=O)(=O)Nc2ccc(Nc3ccccc3)cc2)cc1C. The molecule has 0 aliphatic heterocycles. The fourth-order valence-corrected chi connectivity index (χ4v) is 3.69. The van der Waals surface area contributed by atoms with Crippen LogP contribution in [0, 0.1) is 6.92 Å². The van der Waals surface area contributed by atoms with E-state index < -0.39 is 10.0 Å². The number of para-hydroxylation sites is 1. The lowest BCUT2D eigenvalue weighted by molar-refractivity contribution is 0.411. The summed E-state index contributed by atoms with van der Waals surface area (Å²) < 4.78 is 32.9. The van der Waals surface area contributed by atoms with Gasteiger partial charge in [-0.25, -0.2) is 8.42 Å². The van der Waals surface area contributed by atoms with Crippen LogP contribution in [0.5, 0.6) is 5.75 Å². The van der Waals surface area contributed by atoms with Crippen molar-refractivity contribution in [2.45, 2.75) is 11.8 Å². The third kappa shape index (κ3) is 4.15. The maximum absolute atomic E-state index is 12.6. The van der Waals surface area contributed by atoms with Gasteiger partial charge in [0.25, 0.3) is 10.0 Å². The van der Waals surface area contributed by atoms with Gasteiger partial charge in [0.2, 0.25) is 0 Å². The van der Waals surface area contributed by atoms with Gasteiger partial charge < -0.3 is 10.1 Å². The van der Waals surface area contributed by atoms with Gasteiger partial charge in [-0.1, -0.05) is 18.2 Å². The van der Waals surface area contributed by atoms with Gasteiger partial charge in [-0.2, -0.15) is 0 Å². The summed E-state index contributed by atoms with van der Waals surface area (Å²) in [4.78, 5) is 0.197. The second-order valence-electron chi connectivity index (χ2n) is 5.81. The van der Waals surface area contributed by atoms with Gasteiger partial charge in [0.1, 0.15) is 5.75 Å². The average molecular weight is 368 g/mol. The summed E-state index contributed by atoms with van der Waals surface area (Å²) in [5.74, 6) is 0.653. The third-order valence-electron chi connectivity index (χ3n) is 3.88. The van der Waals surface area contributed by atoms with Crippen LogP contribution in [0.3, 0.4) is 0 Å². The highest BCUT2D eigenvalue weighted by molar-refractivity contribution is 7.92. The van der Waals surface area contributed by atoms with Crippen LogP contribution in [0.4, 0.5) is 17.1 Å². The Kier molecular flexibility index (Phi) is 5.14. The smallest absolute Gasteiger partial charge is 0.261 e. The monoisotopic (exact) mass is 368 g/mol. The first-order valence-corrected chi connectivity index (χ1v) is 9.56. The summed E-state index contributed by atoms with van der Waals surface area (Å²) in [5, 5.41) is 3.25. The molecule has 26 heavy (non-hydrogen) atoms. The van der Waals surface area contributed by atoms with E-state index in [4.69, 9.17) is 4.74 Å². The van der Waals surface area contributed by atoms with Crippen molar-refractivity contribution in [1.82, 2.24) is 0 Å². The van der Waals surface area contributed by atoms with Gasteiger partial charge in [0.15, 0.2) is 0 Å². The Balaban J connectivity index is 1.74. The molecule has 3 aromatic carbocycles. The normalized spacial score (nSPS) is 11.0. The minimum Gasteiger partial charge on any atom is -0.496 e. The highest BCUT2D eigenvalue weighted by Crippen LogP contribution is 2.24. The van der Waals surface area contributed by atoms with Crippen LogP contribution in [-0.2, 0) is 10.0 Å². The van der Waals surface area contributed by atoms with Crippen molar-refractivity contribution in [3.8, 4) is 5.75 Å². The Morgan fingerprint density at radius 1 is 0.808 bits per heavy atom. The Bertz CT molecular complexity index is 985. The van der Waals surface area contributed by atoms with Crippen LogP contribution in [0.15, 0.2) is 77.7 Å². The first-order chi connectivity index (χ1) is 12.5. The highest BCUT2D eigenvalue weighted by Gasteiger charge is 2.15. The third-order valence-corrected chi connectivity index (χ3v) is 5.26. The zero-order valence-corrected chi connectivity index (χ0v) is 15.4. The number of aryl methyl sites for hydroxylation is 1. The summed E-state index contributed by atoms with van der Waals surface area (Å²) in [7, 11) is -2.10. The maximum atomic E-state index is 12.6. The van der Waals surface area contributed by atoms with Crippen molar-refractivity contribution in [2.75, 3.05) is 17.1 Å². The molecule has 0 fully saturated rings. The fourth-order valence-electron chi connectivity index (χ4n) is 2.54. The van der Waals surface area contributed by atoms with Crippen molar-refractivity contribution < 1.29 is 13.2 Å². The largest absolute Gasteiger partial charge is 0.496 e. The number of nitrogens with one attached hydrogen (secondary N) is 2. The molecule has 0 aliphatic rings. The average Bonchev–Trinajstić information content (AvgIpc) is 2.64. The van der Waals surface area contributed by atoms with E-state index in [9.17, 15) is 8.42 Å². The molecule has 0 saturated carbocycles. The van der Waals surface area contributed by atoms with E-state index in [2.05, 4.69) is 10.0 Å². The molecule has 3 rings (SSSR count).